The van der Waals surface area contributed by atoms with Gasteiger partial charge in [-0.2, -0.15) is 0 Å². The van der Waals surface area contributed by atoms with Gasteiger partial charge in [0.1, 0.15) is 0 Å². The van der Waals surface area contributed by atoms with Crippen molar-refractivity contribution in [3.8, 4) is 0 Å². The summed E-state index contributed by atoms with van der Waals surface area (Å²) in [5.41, 5.74) is 0.592. The number of hydrogen-bond acceptors (Lipinski definition) is 5. The van der Waals surface area contributed by atoms with Crippen molar-refractivity contribution < 1.29 is 23.8 Å². The molecule has 1 aromatic heterocycles. The Morgan fingerprint density at radius 3 is 2.80 bits per heavy atom. The van der Waals surface area contributed by atoms with E-state index in [9.17, 15) is 14.7 Å². The van der Waals surface area contributed by atoms with Crippen molar-refractivity contribution in [3.05, 3.63) is 70.3 Å². The second-order valence-corrected chi connectivity index (χ2v) is 5.95. The third-order valence-electron chi connectivity index (χ3n) is 3.99. The molecule has 2 aromatic rings. The normalized spacial score (nSPS) is 17.4. The number of Topliss-reactive ketones (excluding diaryl/α,β-unsaturated/α-hetero) is 1. The number of methoxy groups -OCH3 is 1. The lowest BCUT2D eigenvalue weighted by Crippen LogP contribution is -2.34. The van der Waals surface area contributed by atoms with Crippen LogP contribution in [0.25, 0.3) is 0 Å². The minimum atomic E-state index is -0.765. The molecule has 1 aromatic carbocycles. The second kappa shape index (κ2) is 7.13. The highest BCUT2D eigenvalue weighted by atomic mass is 35.5. The van der Waals surface area contributed by atoms with E-state index >= 15 is 0 Å². The quantitative estimate of drug-likeness (QED) is 0.799. The van der Waals surface area contributed by atoms with Crippen molar-refractivity contribution >= 4 is 23.3 Å². The Labute approximate surface area is 149 Å². The monoisotopic (exact) mass is 361 g/mol. The number of amides is 1. The average molecular weight is 362 g/mol. The van der Waals surface area contributed by atoms with E-state index in [1.807, 2.05) is 0 Å². The molecule has 2 heterocycles. The van der Waals surface area contributed by atoms with Gasteiger partial charge in [0.05, 0.1) is 24.5 Å². The number of nitrogens with zero attached hydrogens (tertiary/aromatic N) is 1. The van der Waals surface area contributed by atoms with E-state index in [0.717, 1.165) is 0 Å². The molecular formula is C18H16ClNO5. The van der Waals surface area contributed by atoms with Gasteiger partial charge in [0, 0.05) is 18.7 Å². The van der Waals surface area contributed by atoms with Gasteiger partial charge in [0.25, 0.3) is 5.91 Å². The van der Waals surface area contributed by atoms with Gasteiger partial charge in [-0.25, -0.2) is 0 Å². The summed E-state index contributed by atoms with van der Waals surface area (Å²) in [5, 5.41) is 10.8. The van der Waals surface area contributed by atoms with Gasteiger partial charge in [0.2, 0.25) is 5.78 Å². The Hall–Kier alpha value is -2.57. The lowest BCUT2D eigenvalue weighted by atomic mass is 9.95. The lowest BCUT2D eigenvalue weighted by molar-refractivity contribution is -0.130. The summed E-state index contributed by atoms with van der Waals surface area (Å²) in [6, 6.07) is 9.11. The zero-order chi connectivity index (χ0) is 18.0. The van der Waals surface area contributed by atoms with Crippen molar-refractivity contribution in [2.75, 3.05) is 20.3 Å². The standard InChI is InChI=1S/C18H16ClNO5/c1-24-9-7-20-15(11-4-2-5-12(19)10-11)14(17(22)18(20)23)16(21)13-6-3-8-25-13/h2-6,8,10,15,22H,7,9H2,1H3/t15-/m1/s1. The molecule has 0 unspecified atom stereocenters. The third-order valence-corrected chi connectivity index (χ3v) is 4.23. The van der Waals surface area contributed by atoms with E-state index in [2.05, 4.69) is 0 Å². The van der Waals surface area contributed by atoms with Crippen LogP contribution in [0.15, 0.2) is 58.4 Å². The zero-order valence-corrected chi connectivity index (χ0v) is 14.2. The van der Waals surface area contributed by atoms with Crippen LogP contribution in [-0.2, 0) is 9.53 Å². The van der Waals surface area contributed by atoms with Gasteiger partial charge in [-0.05, 0) is 29.8 Å². The molecule has 25 heavy (non-hydrogen) atoms. The fourth-order valence-corrected chi connectivity index (χ4v) is 3.07. The second-order valence-electron chi connectivity index (χ2n) is 5.52. The van der Waals surface area contributed by atoms with Crippen LogP contribution in [-0.4, -0.2) is 42.0 Å². The number of hydrogen-bond donors (Lipinski definition) is 1. The smallest absolute Gasteiger partial charge is 0.290 e. The van der Waals surface area contributed by atoms with Crippen LogP contribution in [0.1, 0.15) is 22.2 Å². The highest BCUT2D eigenvalue weighted by molar-refractivity contribution is 6.30. The molecule has 0 fully saturated rings. The summed E-state index contributed by atoms with van der Waals surface area (Å²) in [6.07, 6.45) is 1.36. The Morgan fingerprint density at radius 2 is 2.16 bits per heavy atom. The molecule has 1 atom stereocenters. The maximum absolute atomic E-state index is 12.8. The van der Waals surface area contributed by atoms with Gasteiger partial charge in [0.15, 0.2) is 11.5 Å². The van der Waals surface area contributed by atoms with Crippen LogP contribution in [0, 0.1) is 0 Å². The molecule has 0 spiro atoms. The summed E-state index contributed by atoms with van der Waals surface area (Å²) in [5.74, 6) is -1.70. The summed E-state index contributed by atoms with van der Waals surface area (Å²) in [4.78, 5) is 26.7. The maximum Gasteiger partial charge on any atom is 0.290 e. The molecule has 7 heteroatoms. The average Bonchev–Trinajstić information content (AvgIpc) is 3.21. The highest BCUT2D eigenvalue weighted by Gasteiger charge is 2.44. The van der Waals surface area contributed by atoms with Gasteiger partial charge in [-0.15, -0.1) is 0 Å². The first-order valence-electron chi connectivity index (χ1n) is 7.61. The van der Waals surface area contributed by atoms with Gasteiger partial charge in [-0.1, -0.05) is 23.7 Å². The van der Waals surface area contributed by atoms with E-state index in [-0.39, 0.29) is 24.5 Å². The number of ketones is 1. The first kappa shape index (κ1) is 17.3. The third kappa shape index (κ3) is 3.18. The van der Waals surface area contributed by atoms with Crippen molar-refractivity contribution in [1.29, 1.82) is 0 Å². The minimum Gasteiger partial charge on any atom is -0.503 e. The molecule has 1 N–H and O–H groups in total. The van der Waals surface area contributed by atoms with E-state index in [0.29, 0.717) is 10.6 Å². The predicted molar refractivity (Wildman–Crippen MR) is 90.5 cm³/mol. The Bertz CT molecular complexity index is 828. The molecule has 1 aliphatic rings. The number of halogens is 1. The topological polar surface area (TPSA) is 80.0 Å². The van der Waals surface area contributed by atoms with Crippen LogP contribution in [0.3, 0.4) is 0 Å². The van der Waals surface area contributed by atoms with Crippen LogP contribution < -0.4 is 0 Å². The highest BCUT2D eigenvalue weighted by Crippen LogP contribution is 2.39. The first-order valence-corrected chi connectivity index (χ1v) is 7.99. The van der Waals surface area contributed by atoms with Crippen molar-refractivity contribution in [3.63, 3.8) is 0 Å². The van der Waals surface area contributed by atoms with Crippen molar-refractivity contribution in [1.82, 2.24) is 4.90 Å². The first-order chi connectivity index (χ1) is 12.0. The van der Waals surface area contributed by atoms with Crippen molar-refractivity contribution in [2.24, 2.45) is 0 Å². The van der Waals surface area contributed by atoms with E-state index in [4.69, 9.17) is 20.8 Å². The largest absolute Gasteiger partial charge is 0.503 e. The molecule has 0 radical (unpaired) electrons. The molecule has 3 rings (SSSR count). The number of aliphatic hydroxyl groups is 1. The Balaban J connectivity index is 2.08. The molecular weight excluding hydrogens is 346 g/mol. The Morgan fingerprint density at radius 1 is 1.36 bits per heavy atom. The molecule has 0 saturated heterocycles. The van der Waals surface area contributed by atoms with Crippen LogP contribution in [0.5, 0.6) is 0 Å². The number of benzene rings is 1. The summed E-state index contributed by atoms with van der Waals surface area (Å²) in [7, 11) is 1.51. The molecule has 0 saturated carbocycles. The minimum absolute atomic E-state index is 0.0293. The number of ether oxygens (including phenoxy) is 1. The Kier molecular flexibility index (Phi) is 4.92. The number of carbonyl (C=O) groups is 2. The molecule has 130 valence electrons. The van der Waals surface area contributed by atoms with Gasteiger partial charge >= 0.3 is 0 Å². The maximum atomic E-state index is 12.8. The number of aliphatic hydroxyl groups excluding tert-OH is 1. The van der Waals surface area contributed by atoms with Crippen LogP contribution in [0.2, 0.25) is 5.02 Å². The fraction of sp³-hybridized carbons (Fsp3) is 0.222. The van der Waals surface area contributed by atoms with E-state index < -0.39 is 23.5 Å². The molecule has 1 aliphatic heterocycles. The van der Waals surface area contributed by atoms with E-state index in [1.54, 1.807) is 30.3 Å². The number of rotatable bonds is 6. The lowest BCUT2D eigenvalue weighted by Gasteiger charge is -2.26. The van der Waals surface area contributed by atoms with Crippen LogP contribution in [0.4, 0.5) is 0 Å². The molecule has 0 aliphatic carbocycles. The number of furan rings is 1. The van der Waals surface area contributed by atoms with Gasteiger partial charge in [-0.3, -0.25) is 9.59 Å². The molecule has 6 nitrogen and oxygen atoms in total. The van der Waals surface area contributed by atoms with Gasteiger partial charge < -0.3 is 19.2 Å². The molecule has 1 amide bonds. The molecule has 0 bridgehead atoms. The number of carbonyl (C=O) groups excluding carboxylic acids is 2. The van der Waals surface area contributed by atoms with Crippen LogP contribution >= 0.6 is 11.6 Å². The van der Waals surface area contributed by atoms with E-state index in [1.165, 1.54) is 24.3 Å². The fourth-order valence-electron chi connectivity index (χ4n) is 2.87. The summed E-state index contributed by atoms with van der Waals surface area (Å²) < 4.78 is 10.2. The summed E-state index contributed by atoms with van der Waals surface area (Å²) in [6.45, 7) is 0.476. The summed E-state index contributed by atoms with van der Waals surface area (Å²) >= 11 is 6.06. The zero-order valence-electron chi connectivity index (χ0n) is 13.4. The SMILES string of the molecule is COCCN1C(=O)C(O)=C(C(=O)c2ccco2)[C@H]1c1cccc(Cl)c1. The van der Waals surface area contributed by atoms with Crippen molar-refractivity contribution in [2.45, 2.75) is 6.04 Å². The predicted octanol–water partition coefficient (Wildman–Crippen LogP) is 3.16.